The van der Waals surface area contributed by atoms with E-state index in [1.165, 1.54) is 12.1 Å². The summed E-state index contributed by atoms with van der Waals surface area (Å²) in [5.41, 5.74) is 0.590. The Bertz CT molecular complexity index is 853. The second-order valence-electron chi connectivity index (χ2n) is 6.40. The van der Waals surface area contributed by atoms with Gasteiger partial charge in [0.25, 0.3) is 5.79 Å². The smallest absolute Gasteiger partial charge is 0.251 e. The number of benzene rings is 2. The SMILES string of the molecule is O=C(CSc1ccc(F)cc1F)Nc1ccc2c(c1)OC1(CCCC1)O2. The molecule has 0 aromatic heterocycles. The summed E-state index contributed by atoms with van der Waals surface area (Å²) in [7, 11) is 0. The van der Waals surface area contributed by atoms with Crippen LogP contribution in [0.5, 0.6) is 11.5 Å². The topological polar surface area (TPSA) is 47.6 Å². The monoisotopic (exact) mass is 377 g/mol. The zero-order valence-corrected chi connectivity index (χ0v) is 14.7. The molecule has 1 aliphatic carbocycles. The van der Waals surface area contributed by atoms with Crippen LogP contribution in [-0.2, 0) is 4.79 Å². The molecular weight excluding hydrogens is 360 g/mol. The van der Waals surface area contributed by atoms with Gasteiger partial charge in [0, 0.05) is 35.6 Å². The summed E-state index contributed by atoms with van der Waals surface area (Å²) >= 11 is 1.01. The molecule has 26 heavy (non-hydrogen) atoms. The second-order valence-corrected chi connectivity index (χ2v) is 7.41. The maximum Gasteiger partial charge on any atom is 0.251 e. The van der Waals surface area contributed by atoms with E-state index in [0.717, 1.165) is 43.5 Å². The number of halogens is 2. The van der Waals surface area contributed by atoms with Crippen LogP contribution in [0.1, 0.15) is 25.7 Å². The molecule has 0 saturated heterocycles. The summed E-state index contributed by atoms with van der Waals surface area (Å²) in [4.78, 5) is 12.3. The minimum Gasteiger partial charge on any atom is -0.448 e. The molecule has 4 rings (SSSR count). The third kappa shape index (κ3) is 3.49. The normalized spacial score (nSPS) is 16.8. The molecule has 1 aliphatic heterocycles. The van der Waals surface area contributed by atoms with Gasteiger partial charge in [-0.15, -0.1) is 11.8 Å². The molecule has 4 nitrogen and oxygen atoms in total. The van der Waals surface area contributed by atoms with Gasteiger partial charge in [-0.05, 0) is 37.1 Å². The first kappa shape index (κ1) is 17.1. The number of ether oxygens (including phenoxy) is 2. The van der Waals surface area contributed by atoms with Crippen molar-refractivity contribution < 1.29 is 23.0 Å². The van der Waals surface area contributed by atoms with Gasteiger partial charge in [0.2, 0.25) is 5.91 Å². The van der Waals surface area contributed by atoms with Gasteiger partial charge in [0.05, 0.1) is 5.75 Å². The summed E-state index contributed by atoms with van der Waals surface area (Å²) in [6.07, 6.45) is 3.88. The van der Waals surface area contributed by atoms with E-state index >= 15 is 0 Å². The molecule has 136 valence electrons. The first-order valence-electron chi connectivity index (χ1n) is 8.43. The van der Waals surface area contributed by atoms with E-state index in [-0.39, 0.29) is 16.6 Å². The van der Waals surface area contributed by atoms with Gasteiger partial charge in [0.1, 0.15) is 11.6 Å². The lowest BCUT2D eigenvalue weighted by Gasteiger charge is -2.21. The molecule has 1 heterocycles. The molecule has 0 bridgehead atoms. The van der Waals surface area contributed by atoms with Crippen molar-refractivity contribution >= 4 is 23.4 Å². The van der Waals surface area contributed by atoms with Gasteiger partial charge in [-0.1, -0.05) is 0 Å². The predicted molar refractivity (Wildman–Crippen MR) is 94.6 cm³/mol. The summed E-state index contributed by atoms with van der Waals surface area (Å²) in [5, 5.41) is 2.76. The number of thioether (sulfide) groups is 1. The molecule has 7 heteroatoms. The number of carbonyl (C=O) groups excluding carboxylic acids is 1. The van der Waals surface area contributed by atoms with Crippen LogP contribution in [0.25, 0.3) is 0 Å². The number of hydrogen-bond donors (Lipinski definition) is 1. The molecule has 1 fully saturated rings. The average Bonchev–Trinajstić information content (AvgIpc) is 3.20. The lowest BCUT2D eigenvalue weighted by molar-refractivity contribution is -0.113. The van der Waals surface area contributed by atoms with Gasteiger partial charge in [-0.25, -0.2) is 8.78 Å². The summed E-state index contributed by atoms with van der Waals surface area (Å²) in [6, 6.07) is 8.56. The number of amides is 1. The summed E-state index contributed by atoms with van der Waals surface area (Å²) in [6.45, 7) is 0. The zero-order valence-electron chi connectivity index (χ0n) is 13.9. The first-order chi connectivity index (χ1) is 12.5. The van der Waals surface area contributed by atoms with Gasteiger partial charge in [-0.2, -0.15) is 0 Å². The van der Waals surface area contributed by atoms with Crippen LogP contribution in [0.15, 0.2) is 41.3 Å². The van der Waals surface area contributed by atoms with Crippen LogP contribution < -0.4 is 14.8 Å². The fourth-order valence-electron chi connectivity index (χ4n) is 3.22. The highest BCUT2D eigenvalue weighted by Gasteiger charge is 2.44. The van der Waals surface area contributed by atoms with Crippen LogP contribution in [-0.4, -0.2) is 17.4 Å². The largest absolute Gasteiger partial charge is 0.448 e. The molecule has 0 radical (unpaired) electrons. The number of fused-ring (bicyclic) bond motifs is 1. The molecule has 1 amide bonds. The van der Waals surface area contributed by atoms with Gasteiger partial charge in [-0.3, -0.25) is 4.79 Å². The minimum atomic E-state index is -0.673. The molecular formula is C19H17F2NO3S. The Labute approximate surface area is 153 Å². The lowest BCUT2D eigenvalue weighted by atomic mass is 10.2. The maximum absolute atomic E-state index is 13.6. The standard InChI is InChI=1S/C19H17F2NO3S/c20-12-3-6-17(14(21)9-12)26-11-18(23)22-13-4-5-15-16(10-13)25-19(24-15)7-1-2-8-19/h3-6,9-10H,1-2,7-8,11H2,(H,22,23). The molecule has 2 aromatic carbocycles. The number of anilines is 1. The second kappa shape index (κ2) is 6.79. The van der Waals surface area contributed by atoms with E-state index in [1.807, 2.05) is 0 Å². The molecule has 2 aliphatic rings. The Kier molecular flexibility index (Phi) is 4.48. The third-order valence-electron chi connectivity index (χ3n) is 4.44. The maximum atomic E-state index is 13.6. The zero-order chi connectivity index (χ0) is 18.1. The number of hydrogen-bond acceptors (Lipinski definition) is 4. The average molecular weight is 377 g/mol. The van der Waals surface area contributed by atoms with Crippen LogP contribution in [0.2, 0.25) is 0 Å². The predicted octanol–water partition coefficient (Wildman–Crippen LogP) is 4.74. The Morgan fingerprint density at radius 1 is 1.08 bits per heavy atom. The molecule has 2 aromatic rings. The Morgan fingerprint density at radius 2 is 1.85 bits per heavy atom. The van der Waals surface area contributed by atoms with Crippen molar-refractivity contribution in [3.63, 3.8) is 0 Å². The number of carbonyl (C=O) groups is 1. The highest BCUT2D eigenvalue weighted by Crippen LogP contribution is 2.47. The highest BCUT2D eigenvalue weighted by molar-refractivity contribution is 8.00. The molecule has 0 unspecified atom stereocenters. The van der Waals surface area contributed by atoms with Crippen molar-refractivity contribution in [1.29, 1.82) is 0 Å². The Hall–Kier alpha value is -2.28. The number of rotatable bonds is 4. The Morgan fingerprint density at radius 3 is 2.62 bits per heavy atom. The minimum absolute atomic E-state index is 0.0148. The van der Waals surface area contributed by atoms with E-state index in [0.29, 0.717) is 17.2 Å². The van der Waals surface area contributed by atoms with Crippen molar-refractivity contribution in [1.82, 2.24) is 0 Å². The van der Waals surface area contributed by atoms with Gasteiger partial charge >= 0.3 is 0 Å². The van der Waals surface area contributed by atoms with E-state index < -0.39 is 17.4 Å². The summed E-state index contributed by atoms with van der Waals surface area (Å²) in [5.74, 6) is -0.811. The number of nitrogens with one attached hydrogen (secondary N) is 1. The van der Waals surface area contributed by atoms with E-state index in [4.69, 9.17) is 9.47 Å². The quantitative estimate of drug-likeness (QED) is 0.782. The van der Waals surface area contributed by atoms with Crippen LogP contribution >= 0.6 is 11.8 Å². The van der Waals surface area contributed by atoms with Crippen molar-refractivity contribution in [3.05, 3.63) is 48.0 Å². The third-order valence-corrected chi connectivity index (χ3v) is 5.49. The molecule has 0 atom stereocenters. The highest BCUT2D eigenvalue weighted by atomic mass is 32.2. The first-order valence-corrected chi connectivity index (χ1v) is 9.41. The van der Waals surface area contributed by atoms with Crippen LogP contribution in [0, 0.1) is 11.6 Å². The van der Waals surface area contributed by atoms with Gasteiger partial charge < -0.3 is 14.8 Å². The van der Waals surface area contributed by atoms with Gasteiger partial charge in [0.15, 0.2) is 11.5 Å². The summed E-state index contributed by atoms with van der Waals surface area (Å²) < 4.78 is 38.4. The van der Waals surface area contributed by atoms with Crippen LogP contribution in [0.4, 0.5) is 14.5 Å². The molecule has 1 N–H and O–H groups in total. The molecule has 1 saturated carbocycles. The molecule has 1 spiro atoms. The fourth-order valence-corrected chi connectivity index (χ4v) is 3.94. The van der Waals surface area contributed by atoms with E-state index in [1.54, 1.807) is 18.2 Å². The fraction of sp³-hybridized carbons (Fsp3) is 0.316. The van der Waals surface area contributed by atoms with E-state index in [9.17, 15) is 13.6 Å². The van der Waals surface area contributed by atoms with Crippen LogP contribution in [0.3, 0.4) is 0 Å². The van der Waals surface area contributed by atoms with E-state index in [2.05, 4.69) is 5.32 Å². The Balaban J connectivity index is 1.37. The van der Waals surface area contributed by atoms with Crippen molar-refractivity contribution in [2.75, 3.05) is 11.1 Å². The lowest BCUT2D eigenvalue weighted by Crippen LogP contribution is -2.34. The van der Waals surface area contributed by atoms with Crippen molar-refractivity contribution in [2.24, 2.45) is 0 Å². The van der Waals surface area contributed by atoms with Crippen molar-refractivity contribution in [3.8, 4) is 11.5 Å². The van der Waals surface area contributed by atoms with Crippen molar-refractivity contribution in [2.45, 2.75) is 36.4 Å².